The zero-order chi connectivity index (χ0) is 13.8. The maximum atomic E-state index is 13.3. The lowest BCUT2D eigenvalue weighted by atomic mass is 9.87. The number of hydrogen-bond acceptors (Lipinski definition) is 3. The van der Waals surface area contributed by atoms with Crippen LogP contribution in [0, 0.1) is 5.92 Å². The Kier molecular flexibility index (Phi) is 4.74. The minimum absolute atomic E-state index is 0.0407. The monoisotopic (exact) mass is 273 g/mol. The number of carbonyl (C=O) groups excluding carboxylic acids is 1. The molecule has 0 bridgehead atoms. The summed E-state index contributed by atoms with van der Waals surface area (Å²) in [4.78, 5) is 24.6. The van der Waals surface area contributed by atoms with Crippen molar-refractivity contribution in [3.05, 3.63) is 0 Å². The highest BCUT2D eigenvalue weighted by molar-refractivity contribution is 5.79. The van der Waals surface area contributed by atoms with Gasteiger partial charge in [-0.25, -0.2) is 4.39 Å². The average Bonchev–Trinajstić information content (AvgIpc) is 2.37. The predicted octanol–water partition coefficient (Wildman–Crippen LogP) is 1.22. The molecule has 1 amide bonds. The van der Waals surface area contributed by atoms with Gasteiger partial charge in [-0.1, -0.05) is 0 Å². The molecule has 108 valence electrons. The Bertz CT molecular complexity index is 350. The Morgan fingerprint density at radius 3 is 2.84 bits per heavy atom. The highest BCUT2D eigenvalue weighted by Crippen LogP contribution is 2.28. The Balaban J connectivity index is 1.89. The van der Waals surface area contributed by atoms with E-state index in [0.29, 0.717) is 32.5 Å². The quantitative estimate of drug-likeness (QED) is 0.839. The SMILES string of the molecule is O=C(O)CC1CN(C(=O)C2CCCC(F)C2)CCO1. The van der Waals surface area contributed by atoms with Crippen LogP contribution in [0.5, 0.6) is 0 Å². The molecule has 1 aliphatic heterocycles. The lowest BCUT2D eigenvalue weighted by molar-refractivity contribution is -0.150. The van der Waals surface area contributed by atoms with Crippen LogP contribution in [0.15, 0.2) is 0 Å². The summed E-state index contributed by atoms with van der Waals surface area (Å²) in [7, 11) is 0. The molecule has 6 heteroatoms. The van der Waals surface area contributed by atoms with Gasteiger partial charge in [-0.05, 0) is 25.7 Å². The number of carbonyl (C=O) groups is 2. The maximum Gasteiger partial charge on any atom is 0.306 e. The van der Waals surface area contributed by atoms with Crippen LogP contribution in [0.1, 0.15) is 32.1 Å². The molecule has 0 aromatic heterocycles. The number of hydrogen-bond donors (Lipinski definition) is 1. The number of aliphatic carboxylic acids is 1. The third-order valence-electron chi connectivity index (χ3n) is 3.81. The van der Waals surface area contributed by atoms with Crippen LogP contribution < -0.4 is 0 Å². The van der Waals surface area contributed by atoms with E-state index in [1.807, 2.05) is 0 Å². The van der Waals surface area contributed by atoms with E-state index in [0.717, 1.165) is 12.8 Å². The molecule has 0 radical (unpaired) electrons. The van der Waals surface area contributed by atoms with E-state index < -0.39 is 18.2 Å². The predicted molar refractivity (Wildman–Crippen MR) is 65.4 cm³/mol. The van der Waals surface area contributed by atoms with Crippen LogP contribution in [0.4, 0.5) is 4.39 Å². The van der Waals surface area contributed by atoms with Crippen molar-refractivity contribution in [1.29, 1.82) is 0 Å². The molecule has 1 saturated heterocycles. The topological polar surface area (TPSA) is 66.8 Å². The van der Waals surface area contributed by atoms with Gasteiger partial charge in [-0.2, -0.15) is 0 Å². The highest BCUT2D eigenvalue weighted by Gasteiger charge is 2.33. The van der Waals surface area contributed by atoms with Gasteiger partial charge in [0, 0.05) is 19.0 Å². The minimum atomic E-state index is -0.930. The number of carboxylic acid groups (broad SMARTS) is 1. The second-order valence-electron chi connectivity index (χ2n) is 5.34. The van der Waals surface area contributed by atoms with E-state index >= 15 is 0 Å². The first-order valence-electron chi connectivity index (χ1n) is 6.82. The van der Waals surface area contributed by atoms with E-state index in [-0.39, 0.29) is 18.2 Å². The summed E-state index contributed by atoms with van der Waals surface area (Å²) in [6.45, 7) is 1.14. The standard InChI is InChI=1S/C13H20FNO4/c14-10-3-1-2-9(6-10)13(18)15-4-5-19-11(8-15)7-12(16)17/h9-11H,1-8H2,(H,16,17). The van der Waals surface area contributed by atoms with E-state index in [1.54, 1.807) is 4.90 Å². The second-order valence-corrected chi connectivity index (χ2v) is 5.34. The van der Waals surface area contributed by atoms with E-state index in [9.17, 15) is 14.0 Å². The number of rotatable bonds is 3. The summed E-state index contributed by atoms with van der Waals surface area (Å²) in [5.74, 6) is -1.21. The molecule has 19 heavy (non-hydrogen) atoms. The summed E-state index contributed by atoms with van der Waals surface area (Å²) < 4.78 is 18.7. The zero-order valence-corrected chi connectivity index (χ0v) is 10.9. The number of nitrogens with zero attached hydrogens (tertiary/aromatic N) is 1. The van der Waals surface area contributed by atoms with Gasteiger partial charge in [0.15, 0.2) is 0 Å². The molecular formula is C13H20FNO4. The largest absolute Gasteiger partial charge is 0.481 e. The molecule has 1 saturated carbocycles. The van der Waals surface area contributed by atoms with Crippen molar-refractivity contribution in [3.63, 3.8) is 0 Å². The Morgan fingerprint density at radius 1 is 1.37 bits per heavy atom. The third kappa shape index (κ3) is 3.89. The van der Waals surface area contributed by atoms with Crippen LogP contribution in [-0.2, 0) is 14.3 Å². The number of carboxylic acids is 1. The van der Waals surface area contributed by atoms with Gasteiger partial charge in [-0.15, -0.1) is 0 Å². The van der Waals surface area contributed by atoms with E-state index in [2.05, 4.69) is 0 Å². The summed E-state index contributed by atoms with van der Waals surface area (Å²) in [5.41, 5.74) is 0. The molecule has 5 nitrogen and oxygen atoms in total. The van der Waals surface area contributed by atoms with Gasteiger partial charge in [-0.3, -0.25) is 9.59 Å². The van der Waals surface area contributed by atoms with Gasteiger partial charge in [0.05, 0.1) is 19.1 Å². The fraction of sp³-hybridized carbons (Fsp3) is 0.846. The van der Waals surface area contributed by atoms with Gasteiger partial charge in [0.2, 0.25) is 5.91 Å². The van der Waals surface area contributed by atoms with Crippen LogP contribution in [0.3, 0.4) is 0 Å². The van der Waals surface area contributed by atoms with Gasteiger partial charge in [0.1, 0.15) is 6.17 Å². The highest BCUT2D eigenvalue weighted by atomic mass is 19.1. The summed E-state index contributed by atoms with van der Waals surface area (Å²) in [6, 6.07) is 0. The van der Waals surface area contributed by atoms with Gasteiger partial charge in [0.25, 0.3) is 0 Å². The molecule has 0 aromatic rings. The van der Waals surface area contributed by atoms with Crippen LogP contribution in [0.2, 0.25) is 0 Å². The lowest BCUT2D eigenvalue weighted by Gasteiger charge is -2.36. The lowest BCUT2D eigenvalue weighted by Crippen LogP contribution is -2.49. The van der Waals surface area contributed by atoms with Crippen molar-refractivity contribution in [2.75, 3.05) is 19.7 Å². The molecule has 2 fully saturated rings. The van der Waals surface area contributed by atoms with Crippen molar-refractivity contribution in [3.8, 4) is 0 Å². The summed E-state index contributed by atoms with van der Waals surface area (Å²) >= 11 is 0. The van der Waals surface area contributed by atoms with Gasteiger partial charge >= 0.3 is 5.97 Å². The molecule has 1 N–H and O–H groups in total. The average molecular weight is 273 g/mol. The molecule has 0 aromatic carbocycles. The van der Waals surface area contributed by atoms with Crippen molar-refractivity contribution in [1.82, 2.24) is 4.90 Å². The number of halogens is 1. The van der Waals surface area contributed by atoms with E-state index in [4.69, 9.17) is 9.84 Å². The molecule has 2 rings (SSSR count). The second kappa shape index (κ2) is 6.32. The molecule has 1 aliphatic carbocycles. The number of morpholine rings is 1. The fourth-order valence-electron chi connectivity index (χ4n) is 2.85. The Labute approximate surface area is 111 Å². The zero-order valence-electron chi connectivity index (χ0n) is 10.9. The number of ether oxygens (including phenoxy) is 1. The van der Waals surface area contributed by atoms with Crippen LogP contribution in [0.25, 0.3) is 0 Å². The summed E-state index contributed by atoms with van der Waals surface area (Å²) in [5, 5.41) is 8.74. The molecule has 2 aliphatic rings. The number of amides is 1. The normalized spacial score (nSPS) is 32.1. The van der Waals surface area contributed by atoms with Crippen LogP contribution >= 0.6 is 0 Å². The molecule has 0 spiro atoms. The Morgan fingerprint density at radius 2 is 2.16 bits per heavy atom. The first-order valence-corrected chi connectivity index (χ1v) is 6.82. The maximum absolute atomic E-state index is 13.3. The van der Waals surface area contributed by atoms with Crippen molar-refractivity contribution in [2.24, 2.45) is 5.92 Å². The smallest absolute Gasteiger partial charge is 0.306 e. The first-order chi connectivity index (χ1) is 9.06. The fourth-order valence-corrected chi connectivity index (χ4v) is 2.85. The molecular weight excluding hydrogens is 253 g/mol. The Hall–Kier alpha value is -1.17. The minimum Gasteiger partial charge on any atom is -0.481 e. The molecule has 1 heterocycles. The van der Waals surface area contributed by atoms with Crippen molar-refractivity contribution >= 4 is 11.9 Å². The first kappa shape index (κ1) is 14.2. The molecule has 3 unspecified atom stereocenters. The van der Waals surface area contributed by atoms with Crippen LogP contribution in [-0.4, -0.2) is 53.9 Å². The van der Waals surface area contributed by atoms with Gasteiger partial charge < -0.3 is 14.7 Å². The molecule has 3 atom stereocenters. The van der Waals surface area contributed by atoms with Crippen molar-refractivity contribution in [2.45, 2.75) is 44.4 Å². The van der Waals surface area contributed by atoms with Crippen molar-refractivity contribution < 1.29 is 23.8 Å². The number of alkyl halides is 1. The third-order valence-corrected chi connectivity index (χ3v) is 3.81. The van der Waals surface area contributed by atoms with E-state index in [1.165, 1.54) is 0 Å². The summed E-state index contributed by atoms with van der Waals surface area (Å²) in [6.07, 6.45) is 0.924.